The molecule has 0 amide bonds. The molecule has 2 aromatic heterocycles. The molecule has 0 aliphatic rings. The molecule has 0 aliphatic carbocycles. The highest BCUT2D eigenvalue weighted by molar-refractivity contribution is 9.10. The summed E-state index contributed by atoms with van der Waals surface area (Å²) in [5.74, 6) is -0.212. The van der Waals surface area contributed by atoms with Gasteiger partial charge in [-0.05, 0) is 30.3 Å². The molecule has 0 saturated carbocycles. The molecule has 0 radical (unpaired) electrons. The number of halogens is 4. The first-order chi connectivity index (χ1) is 12.8. The van der Waals surface area contributed by atoms with Gasteiger partial charge < -0.3 is 9.97 Å². The minimum atomic E-state index is -4.60. The van der Waals surface area contributed by atoms with E-state index < -0.39 is 17.5 Å². The molecule has 2 N–H and O–H groups in total. The summed E-state index contributed by atoms with van der Waals surface area (Å²) in [4.78, 5) is 23.1. The summed E-state index contributed by atoms with van der Waals surface area (Å²) in [6.45, 7) is 0. The largest absolute Gasteiger partial charge is 0.417 e. The topological polar surface area (TPSA) is 61.5 Å². The van der Waals surface area contributed by atoms with Crippen LogP contribution in [0.1, 0.15) is 21.5 Å². The zero-order valence-electron chi connectivity index (χ0n) is 13.6. The van der Waals surface area contributed by atoms with Gasteiger partial charge in [-0.25, -0.2) is 4.98 Å². The van der Waals surface area contributed by atoms with Crippen LogP contribution in [0.5, 0.6) is 0 Å². The number of alkyl halides is 3. The lowest BCUT2D eigenvalue weighted by molar-refractivity contribution is -0.137. The number of imidazole rings is 1. The standard InChI is InChI=1S/C19H11BrF3N3O/c20-11-5-6-14-15(8-11)26-18(25-14)16-7-10(9-24-16)17(27)12-3-1-2-4-13(12)19(21,22)23/h1-9,24H,(H,25,26). The first-order valence-electron chi connectivity index (χ1n) is 7.88. The number of aromatic nitrogens is 3. The predicted octanol–water partition coefficient (Wildman–Crippen LogP) is 5.57. The number of aromatic amines is 2. The van der Waals surface area contributed by atoms with E-state index >= 15 is 0 Å². The molecule has 0 aliphatic heterocycles. The molecule has 0 unspecified atom stereocenters. The SMILES string of the molecule is O=C(c1c[nH]c(-c2nc3ccc(Br)cc3[nH]2)c1)c1ccccc1C(F)(F)F. The normalized spacial score (nSPS) is 11.9. The minimum absolute atomic E-state index is 0.128. The quantitative estimate of drug-likeness (QED) is 0.414. The fraction of sp³-hybridized carbons (Fsp3) is 0.0526. The highest BCUT2D eigenvalue weighted by atomic mass is 79.9. The molecule has 0 saturated heterocycles. The van der Waals surface area contributed by atoms with Crippen molar-refractivity contribution < 1.29 is 18.0 Å². The lowest BCUT2D eigenvalue weighted by Crippen LogP contribution is -2.13. The van der Waals surface area contributed by atoms with Crippen molar-refractivity contribution in [2.24, 2.45) is 0 Å². The van der Waals surface area contributed by atoms with Crippen molar-refractivity contribution >= 4 is 32.7 Å². The summed E-state index contributed by atoms with van der Waals surface area (Å²) in [6.07, 6.45) is -3.22. The predicted molar refractivity (Wildman–Crippen MR) is 98.5 cm³/mol. The molecular weight excluding hydrogens is 423 g/mol. The van der Waals surface area contributed by atoms with Crippen molar-refractivity contribution in [3.63, 3.8) is 0 Å². The van der Waals surface area contributed by atoms with Crippen LogP contribution in [0, 0.1) is 0 Å². The molecule has 2 heterocycles. The number of H-pyrrole nitrogens is 2. The maximum absolute atomic E-state index is 13.2. The van der Waals surface area contributed by atoms with Gasteiger partial charge in [-0.3, -0.25) is 4.79 Å². The van der Waals surface area contributed by atoms with Crippen LogP contribution in [0.3, 0.4) is 0 Å². The molecule has 8 heteroatoms. The fourth-order valence-electron chi connectivity index (χ4n) is 2.86. The van der Waals surface area contributed by atoms with Crippen LogP contribution < -0.4 is 0 Å². The minimum Gasteiger partial charge on any atom is -0.358 e. The number of fused-ring (bicyclic) bond motifs is 1. The van der Waals surface area contributed by atoms with Crippen molar-refractivity contribution in [2.45, 2.75) is 6.18 Å². The summed E-state index contributed by atoms with van der Waals surface area (Å²) in [6, 6.07) is 11.8. The Hall–Kier alpha value is -2.87. The molecule has 136 valence electrons. The molecule has 0 atom stereocenters. The van der Waals surface area contributed by atoms with Crippen molar-refractivity contribution in [3.05, 3.63) is 75.9 Å². The number of nitrogens with zero attached hydrogens (tertiary/aromatic N) is 1. The van der Waals surface area contributed by atoms with Gasteiger partial charge in [0, 0.05) is 21.8 Å². The van der Waals surface area contributed by atoms with Crippen LogP contribution in [0.2, 0.25) is 0 Å². The summed E-state index contributed by atoms with van der Waals surface area (Å²) in [5, 5.41) is 0. The maximum Gasteiger partial charge on any atom is 0.417 e. The molecule has 0 bridgehead atoms. The van der Waals surface area contributed by atoms with Crippen LogP contribution in [-0.4, -0.2) is 20.7 Å². The molecule has 0 spiro atoms. The van der Waals surface area contributed by atoms with E-state index in [2.05, 4.69) is 30.9 Å². The number of carbonyl (C=O) groups is 1. The summed E-state index contributed by atoms with van der Waals surface area (Å²) < 4.78 is 40.4. The molecule has 4 nitrogen and oxygen atoms in total. The van der Waals surface area contributed by atoms with E-state index in [1.807, 2.05) is 18.2 Å². The molecule has 4 rings (SSSR count). The van der Waals surface area contributed by atoms with Crippen LogP contribution >= 0.6 is 15.9 Å². The van der Waals surface area contributed by atoms with Crippen molar-refractivity contribution in [1.82, 2.24) is 15.0 Å². The van der Waals surface area contributed by atoms with Gasteiger partial charge in [-0.1, -0.05) is 34.1 Å². The van der Waals surface area contributed by atoms with E-state index in [9.17, 15) is 18.0 Å². The Morgan fingerprint density at radius 3 is 2.63 bits per heavy atom. The summed E-state index contributed by atoms with van der Waals surface area (Å²) in [7, 11) is 0. The van der Waals surface area contributed by atoms with Crippen molar-refractivity contribution in [3.8, 4) is 11.5 Å². The van der Waals surface area contributed by atoms with Crippen LogP contribution in [-0.2, 0) is 6.18 Å². The third-order valence-electron chi connectivity index (χ3n) is 4.12. The van der Waals surface area contributed by atoms with Gasteiger partial charge >= 0.3 is 6.18 Å². The fourth-order valence-corrected chi connectivity index (χ4v) is 3.22. The summed E-state index contributed by atoms with van der Waals surface area (Å²) in [5.41, 5.74) is 0.830. The molecule has 0 fully saturated rings. The zero-order valence-corrected chi connectivity index (χ0v) is 15.1. The van der Waals surface area contributed by atoms with E-state index in [1.165, 1.54) is 30.5 Å². The Kier molecular flexibility index (Phi) is 4.15. The average molecular weight is 434 g/mol. The third kappa shape index (κ3) is 3.28. The van der Waals surface area contributed by atoms with Crippen LogP contribution in [0.4, 0.5) is 13.2 Å². The second-order valence-corrected chi connectivity index (χ2v) is 6.84. The van der Waals surface area contributed by atoms with Crippen LogP contribution in [0.15, 0.2) is 59.2 Å². The lowest BCUT2D eigenvalue weighted by Gasteiger charge is -2.10. The monoisotopic (exact) mass is 433 g/mol. The van der Waals surface area contributed by atoms with E-state index in [0.29, 0.717) is 11.5 Å². The Morgan fingerprint density at radius 2 is 1.85 bits per heavy atom. The highest BCUT2D eigenvalue weighted by Crippen LogP contribution is 2.33. The zero-order chi connectivity index (χ0) is 19.2. The first kappa shape index (κ1) is 17.5. The Bertz CT molecular complexity index is 1160. The number of benzene rings is 2. The number of hydrogen-bond acceptors (Lipinski definition) is 2. The smallest absolute Gasteiger partial charge is 0.358 e. The van der Waals surface area contributed by atoms with Gasteiger partial charge in [0.2, 0.25) is 0 Å². The summed E-state index contributed by atoms with van der Waals surface area (Å²) >= 11 is 3.38. The lowest BCUT2D eigenvalue weighted by atomic mass is 9.99. The van der Waals surface area contributed by atoms with Gasteiger partial charge in [0.15, 0.2) is 11.6 Å². The second-order valence-electron chi connectivity index (χ2n) is 5.92. The molecule has 27 heavy (non-hydrogen) atoms. The first-order valence-corrected chi connectivity index (χ1v) is 8.67. The van der Waals surface area contributed by atoms with Gasteiger partial charge in [-0.15, -0.1) is 0 Å². The maximum atomic E-state index is 13.2. The van der Waals surface area contributed by atoms with Gasteiger partial charge in [0.25, 0.3) is 0 Å². The number of carbonyl (C=O) groups excluding carboxylic acids is 1. The number of nitrogens with one attached hydrogen (secondary N) is 2. The van der Waals surface area contributed by atoms with Gasteiger partial charge in [0.1, 0.15) is 0 Å². The molecule has 2 aromatic carbocycles. The van der Waals surface area contributed by atoms with Gasteiger partial charge in [-0.2, -0.15) is 13.2 Å². The second kappa shape index (κ2) is 6.38. The average Bonchev–Trinajstić information content (AvgIpc) is 3.26. The van der Waals surface area contributed by atoms with E-state index in [0.717, 1.165) is 21.6 Å². The number of rotatable bonds is 3. The highest BCUT2D eigenvalue weighted by Gasteiger charge is 2.35. The molecule has 4 aromatic rings. The Balaban J connectivity index is 1.71. The number of ketones is 1. The number of hydrogen-bond donors (Lipinski definition) is 2. The van der Waals surface area contributed by atoms with E-state index in [1.54, 1.807) is 0 Å². The Labute approximate surface area is 159 Å². The van der Waals surface area contributed by atoms with Crippen LogP contribution in [0.25, 0.3) is 22.6 Å². The van der Waals surface area contributed by atoms with Crippen molar-refractivity contribution in [2.75, 3.05) is 0 Å². The van der Waals surface area contributed by atoms with E-state index in [-0.39, 0.29) is 11.1 Å². The van der Waals surface area contributed by atoms with Gasteiger partial charge in [0.05, 0.1) is 22.3 Å². The Morgan fingerprint density at radius 1 is 1.07 bits per heavy atom. The van der Waals surface area contributed by atoms with E-state index in [4.69, 9.17) is 0 Å². The molecular formula is C19H11BrF3N3O. The van der Waals surface area contributed by atoms with Crippen molar-refractivity contribution in [1.29, 1.82) is 0 Å². The third-order valence-corrected chi connectivity index (χ3v) is 4.61.